The van der Waals surface area contributed by atoms with Crippen molar-refractivity contribution in [3.05, 3.63) is 64.4 Å². The summed E-state index contributed by atoms with van der Waals surface area (Å²) >= 11 is 5.72. The van der Waals surface area contributed by atoms with Gasteiger partial charge in [0.05, 0.1) is 5.69 Å². The number of benzene rings is 2. The summed E-state index contributed by atoms with van der Waals surface area (Å²) in [6, 6.07) is 10.9. The minimum atomic E-state index is -0.614. The fourth-order valence-corrected chi connectivity index (χ4v) is 4.33. The summed E-state index contributed by atoms with van der Waals surface area (Å²) in [5.41, 5.74) is 1.21. The third-order valence-electron chi connectivity index (χ3n) is 5.88. The summed E-state index contributed by atoms with van der Waals surface area (Å²) in [6.07, 6.45) is 4.17. The Labute approximate surface area is 185 Å². The summed E-state index contributed by atoms with van der Waals surface area (Å²) in [5.74, 6) is -1.96. The first-order valence-corrected chi connectivity index (χ1v) is 10.8. The van der Waals surface area contributed by atoms with Gasteiger partial charge in [-0.25, -0.2) is 4.39 Å². The van der Waals surface area contributed by atoms with Gasteiger partial charge < -0.3 is 15.1 Å². The number of anilines is 1. The first-order valence-electron chi connectivity index (χ1n) is 10.4. The molecular formula is C23H23ClFN3O3. The molecule has 2 aromatic rings. The smallest absolute Gasteiger partial charge is 0.312 e. The highest BCUT2D eigenvalue weighted by atomic mass is 35.5. The zero-order valence-corrected chi connectivity index (χ0v) is 17.7. The predicted octanol–water partition coefficient (Wildman–Crippen LogP) is 3.84. The molecule has 162 valence electrons. The molecule has 4 rings (SSSR count). The van der Waals surface area contributed by atoms with E-state index in [1.807, 2.05) is 0 Å². The van der Waals surface area contributed by atoms with Crippen molar-refractivity contribution >= 4 is 35.0 Å². The highest BCUT2D eigenvalue weighted by Gasteiger charge is 2.37. The van der Waals surface area contributed by atoms with Crippen LogP contribution in [0.2, 0.25) is 5.02 Å². The lowest BCUT2D eigenvalue weighted by molar-refractivity contribution is -0.158. The van der Waals surface area contributed by atoms with Crippen LogP contribution >= 0.6 is 11.6 Å². The van der Waals surface area contributed by atoms with Gasteiger partial charge in [0.1, 0.15) is 5.82 Å². The maximum Gasteiger partial charge on any atom is 0.312 e. The van der Waals surface area contributed by atoms with Gasteiger partial charge in [-0.1, -0.05) is 36.6 Å². The van der Waals surface area contributed by atoms with Crippen LogP contribution in [0.25, 0.3) is 0 Å². The Morgan fingerprint density at radius 1 is 1.03 bits per heavy atom. The number of amides is 3. The largest absolute Gasteiger partial charge is 0.330 e. The molecule has 6 nitrogen and oxygen atoms in total. The predicted molar refractivity (Wildman–Crippen MR) is 115 cm³/mol. The highest BCUT2D eigenvalue weighted by molar-refractivity contribution is 6.35. The van der Waals surface area contributed by atoms with Gasteiger partial charge in [-0.15, -0.1) is 0 Å². The Kier molecular flexibility index (Phi) is 6.23. The first-order chi connectivity index (χ1) is 14.9. The van der Waals surface area contributed by atoms with Crippen molar-refractivity contribution in [2.24, 2.45) is 0 Å². The quantitative estimate of drug-likeness (QED) is 0.714. The molecule has 1 heterocycles. The van der Waals surface area contributed by atoms with E-state index in [-0.39, 0.29) is 16.8 Å². The maximum atomic E-state index is 13.9. The Balaban J connectivity index is 1.36. The monoisotopic (exact) mass is 443 g/mol. The molecule has 31 heavy (non-hydrogen) atoms. The third-order valence-corrected chi connectivity index (χ3v) is 6.11. The van der Waals surface area contributed by atoms with Crippen LogP contribution in [0.5, 0.6) is 0 Å². The normalized spacial score (nSPS) is 17.4. The summed E-state index contributed by atoms with van der Waals surface area (Å²) in [6.45, 7) is 1.36. The summed E-state index contributed by atoms with van der Waals surface area (Å²) in [7, 11) is 0. The van der Waals surface area contributed by atoms with Crippen LogP contribution < -0.4 is 5.32 Å². The zero-order chi connectivity index (χ0) is 22.0. The molecule has 0 aromatic heterocycles. The third kappa shape index (κ3) is 4.71. The van der Waals surface area contributed by atoms with E-state index in [4.69, 9.17) is 11.6 Å². The second-order valence-corrected chi connectivity index (χ2v) is 8.38. The minimum absolute atomic E-state index is 0.0442. The van der Waals surface area contributed by atoms with Crippen LogP contribution in [-0.2, 0) is 16.1 Å². The molecule has 1 N–H and O–H groups in total. The molecular weight excluding hydrogens is 421 g/mol. The van der Waals surface area contributed by atoms with Gasteiger partial charge in [0, 0.05) is 36.3 Å². The second-order valence-electron chi connectivity index (χ2n) is 7.94. The van der Waals surface area contributed by atoms with Gasteiger partial charge in [-0.05, 0) is 48.7 Å². The number of hydrogen-bond donors (Lipinski definition) is 1. The van der Waals surface area contributed by atoms with Crippen LogP contribution in [0.3, 0.4) is 0 Å². The number of hydrogen-bond acceptors (Lipinski definition) is 3. The molecule has 0 radical (unpaired) electrons. The van der Waals surface area contributed by atoms with Gasteiger partial charge in [0.25, 0.3) is 5.91 Å². The Bertz CT molecular complexity index is 1010. The van der Waals surface area contributed by atoms with Crippen molar-refractivity contribution in [3.8, 4) is 0 Å². The van der Waals surface area contributed by atoms with Crippen LogP contribution in [0.15, 0.2) is 42.5 Å². The molecule has 3 amide bonds. The molecule has 8 heteroatoms. The standard InChI is InChI=1S/C23H23ClFN3O3/c24-17-9-10-20(19(25)13-17)26-21(29)16-7-5-15(6-8-16)14-27-11-12-28(23(31)22(27)30)18-3-1-2-4-18/h5-10,13,18H,1-4,11-12,14H2,(H,26,29). The molecule has 0 unspecified atom stereocenters. The van der Waals surface area contributed by atoms with E-state index in [0.717, 1.165) is 37.3 Å². The van der Waals surface area contributed by atoms with Crippen molar-refractivity contribution < 1.29 is 18.8 Å². The van der Waals surface area contributed by atoms with Crippen molar-refractivity contribution in [3.63, 3.8) is 0 Å². The SMILES string of the molecule is O=C(Nc1ccc(Cl)cc1F)c1ccc(CN2CCN(C3CCCC3)C(=O)C2=O)cc1. The molecule has 1 aliphatic heterocycles. The van der Waals surface area contributed by atoms with E-state index in [9.17, 15) is 18.8 Å². The molecule has 2 aliphatic rings. The van der Waals surface area contributed by atoms with Crippen LogP contribution in [0.1, 0.15) is 41.6 Å². The average molecular weight is 444 g/mol. The topological polar surface area (TPSA) is 69.7 Å². The molecule has 1 saturated carbocycles. The van der Waals surface area contributed by atoms with Gasteiger partial charge in [-0.2, -0.15) is 0 Å². The van der Waals surface area contributed by atoms with Crippen LogP contribution in [0.4, 0.5) is 10.1 Å². The number of rotatable bonds is 5. The van der Waals surface area contributed by atoms with Gasteiger partial charge in [-0.3, -0.25) is 14.4 Å². The summed E-state index contributed by atoms with van der Waals surface area (Å²) in [4.78, 5) is 40.7. The lowest BCUT2D eigenvalue weighted by atomic mass is 10.1. The van der Waals surface area contributed by atoms with Crippen molar-refractivity contribution in [1.29, 1.82) is 0 Å². The lowest BCUT2D eigenvalue weighted by Gasteiger charge is -2.37. The van der Waals surface area contributed by atoms with E-state index < -0.39 is 23.5 Å². The van der Waals surface area contributed by atoms with Gasteiger partial charge in [0.2, 0.25) is 0 Å². The van der Waals surface area contributed by atoms with E-state index in [1.54, 1.807) is 34.1 Å². The molecule has 0 atom stereocenters. The number of nitrogens with zero attached hydrogens (tertiary/aromatic N) is 2. The molecule has 0 bridgehead atoms. The average Bonchev–Trinajstić information content (AvgIpc) is 3.28. The van der Waals surface area contributed by atoms with Gasteiger partial charge >= 0.3 is 11.8 Å². The van der Waals surface area contributed by atoms with E-state index in [2.05, 4.69) is 5.32 Å². The number of nitrogens with one attached hydrogen (secondary N) is 1. The van der Waals surface area contributed by atoms with Crippen molar-refractivity contribution in [1.82, 2.24) is 9.80 Å². The zero-order valence-electron chi connectivity index (χ0n) is 16.9. The Morgan fingerprint density at radius 3 is 2.42 bits per heavy atom. The Morgan fingerprint density at radius 2 is 1.74 bits per heavy atom. The molecule has 1 aliphatic carbocycles. The summed E-state index contributed by atoms with van der Waals surface area (Å²) in [5, 5.41) is 2.76. The second kappa shape index (κ2) is 9.06. The molecule has 0 spiro atoms. The van der Waals surface area contributed by atoms with Crippen molar-refractivity contribution in [2.75, 3.05) is 18.4 Å². The number of halogens is 2. The summed E-state index contributed by atoms with van der Waals surface area (Å²) < 4.78 is 13.9. The minimum Gasteiger partial charge on any atom is -0.330 e. The fraction of sp³-hybridized carbons (Fsp3) is 0.348. The van der Waals surface area contributed by atoms with Crippen LogP contribution in [-0.4, -0.2) is 46.7 Å². The van der Waals surface area contributed by atoms with E-state index in [1.165, 1.54) is 12.1 Å². The number of carbonyl (C=O) groups is 3. The van der Waals surface area contributed by atoms with E-state index >= 15 is 0 Å². The molecule has 1 saturated heterocycles. The number of piperazine rings is 1. The molecule has 2 fully saturated rings. The fourth-order valence-electron chi connectivity index (χ4n) is 4.17. The molecule has 2 aromatic carbocycles. The lowest BCUT2D eigenvalue weighted by Crippen LogP contribution is -2.56. The number of carbonyl (C=O) groups excluding carboxylic acids is 3. The first kappa shape index (κ1) is 21.3. The maximum absolute atomic E-state index is 13.9. The van der Waals surface area contributed by atoms with Crippen LogP contribution in [0, 0.1) is 5.82 Å². The highest BCUT2D eigenvalue weighted by Crippen LogP contribution is 2.25. The van der Waals surface area contributed by atoms with E-state index in [0.29, 0.717) is 25.2 Å². The van der Waals surface area contributed by atoms with Gasteiger partial charge in [0.15, 0.2) is 0 Å². The van der Waals surface area contributed by atoms with Crippen molar-refractivity contribution in [2.45, 2.75) is 38.3 Å². The Hall–Kier alpha value is -2.93.